The molecule has 0 radical (unpaired) electrons. The van der Waals surface area contributed by atoms with Crippen molar-refractivity contribution < 1.29 is 9.47 Å². The van der Waals surface area contributed by atoms with Crippen LogP contribution in [0.3, 0.4) is 0 Å². The van der Waals surface area contributed by atoms with Crippen LogP contribution in [-0.4, -0.2) is 38.9 Å². The molecule has 1 aliphatic rings. The summed E-state index contributed by atoms with van der Waals surface area (Å²) in [5.41, 5.74) is 2.36. The smallest absolute Gasteiger partial charge is 0.191 e. The molecule has 1 saturated carbocycles. The molecule has 0 saturated heterocycles. The number of ether oxygens (including phenoxy) is 2. The molecule has 0 aliphatic heterocycles. The number of hydrogen-bond donors (Lipinski definition) is 2. The van der Waals surface area contributed by atoms with Gasteiger partial charge in [0, 0.05) is 25.8 Å². The van der Waals surface area contributed by atoms with Gasteiger partial charge in [-0.3, -0.25) is 0 Å². The van der Waals surface area contributed by atoms with Gasteiger partial charge < -0.3 is 20.1 Å². The molecule has 0 heterocycles. The van der Waals surface area contributed by atoms with Gasteiger partial charge in [0.1, 0.15) is 5.75 Å². The van der Waals surface area contributed by atoms with E-state index in [1.165, 1.54) is 18.4 Å². The van der Waals surface area contributed by atoms with Crippen LogP contribution in [0.25, 0.3) is 0 Å². The van der Waals surface area contributed by atoms with E-state index in [1.807, 2.05) is 0 Å². The first-order chi connectivity index (χ1) is 11.7. The minimum atomic E-state index is 0. The van der Waals surface area contributed by atoms with Crippen LogP contribution in [0.5, 0.6) is 5.75 Å². The number of benzene rings is 1. The molecule has 142 valence electrons. The number of aryl methyl sites for hydroxylation is 1. The van der Waals surface area contributed by atoms with Crippen LogP contribution in [0, 0.1) is 6.92 Å². The number of aliphatic imine (C=N–C) groups is 1. The van der Waals surface area contributed by atoms with Crippen LogP contribution in [0.4, 0.5) is 0 Å². The van der Waals surface area contributed by atoms with Crippen molar-refractivity contribution >= 4 is 29.9 Å². The summed E-state index contributed by atoms with van der Waals surface area (Å²) in [7, 11) is 1.70. The summed E-state index contributed by atoms with van der Waals surface area (Å²) in [6.45, 7) is 6.99. The van der Waals surface area contributed by atoms with E-state index < -0.39 is 0 Å². The Morgan fingerprint density at radius 2 is 2.00 bits per heavy atom. The highest BCUT2D eigenvalue weighted by atomic mass is 127. The molecule has 0 atom stereocenters. The maximum absolute atomic E-state index is 6.25. The first kappa shape index (κ1) is 22.0. The van der Waals surface area contributed by atoms with E-state index in [4.69, 9.17) is 9.47 Å². The minimum Gasteiger partial charge on any atom is -0.490 e. The van der Waals surface area contributed by atoms with Crippen molar-refractivity contribution in [3.63, 3.8) is 0 Å². The van der Waals surface area contributed by atoms with Crippen molar-refractivity contribution in [3.8, 4) is 5.75 Å². The third-order valence-corrected chi connectivity index (χ3v) is 4.17. The van der Waals surface area contributed by atoms with E-state index in [1.54, 1.807) is 7.11 Å². The van der Waals surface area contributed by atoms with Crippen molar-refractivity contribution in [1.82, 2.24) is 10.6 Å². The molecular formula is C19H32IN3O2. The quantitative estimate of drug-likeness (QED) is 0.269. The molecule has 1 fully saturated rings. The third kappa shape index (κ3) is 7.81. The zero-order valence-electron chi connectivity index (χ0n) is 15.6. The van der Waals surface area contributed by atoms with E-state index in [2.05, 4.69) is 47.7 Å². The highest BCUT2D eigenvalue weighted by Gasteiger charge is 2.18. The molecule has 1 aromatic rings. The second-order valence-electron chi connectivity index (χ2n) is 6.25. The minimum absolute atomic E-state index is 0. The van der Waals surface area contributed by atoms with E-state index >= 15 is 0 Å². The maximum atomic E-state index is 6.25. The van der Waals surface area contributed by atoms with Gasteiger partial charge in [-0.15, -0.1) is 24.0 Å². The van der Waals surface area contributed by atoms with Crippen molar-refractivity contribution in [2.45, 2.75) is 52.2 Å². The monoisotopic (exact) mass is 461 g/mol. The fourth-order valence-corrected chi connectivity index (χ4v) is 2.87. The topological polar surface area (TPSA) is 54.9 Å². The first-order valence-corrected chi connectivity index (χ1v) is 9.00. The van der Waals surface area contributed by atoms with Crippen LogP contribution in [0.15, 0.2) is 23.2 Å². The molecule has 6 heteroatoms. The molecule has 0 spiro atoms. The maximum Gasteiger partial charge on any atom is 0.191 e. The SMILES string of the molecule is CCNC(=NCc1ccc(C)cc1OC1CCCC1)NCCOC.I. The van der Waals surface area contributed by atoms with Gasteiger partial charge in [-0.05, 0) is 51.2 Å². The van der Waals surface area contributed by atoms with Crippen molar-refractivity contribution in [1.29, 1.82) is 0 Å². The van der Waals surface area contributed by atoms with Gasteiger partial charge in [-0.2, -0.15) is 0 Å². The van der Waals surface area contributed by atoms with Crippen LogP contribution in [0.2, 0.25) is 0 Å². The lowest BCUT2D eigenvalue weighted by atomic mass is 10.1. The number of nitrogens with one attached hydrogen (secondary N) is 2. The van der Waals surface area contributed by atoms with Gasteiger partial charge in [0.15, 0.2) is 5.96 Å². The van der Waals surface area contributed by atoms with Gasteiger partial charge in [0.25, 0.3) is 0 Å². The Bertz CT molecular complexity index is 531. The molecule has 0 aromatic heterocycles. The van der Waals surface area contributed by atoms with E-state index in [9.17, 15) is 0 Å². The Labute approximate surface area is 169 Å². The highest BCUT2D eigenvalue weighted by Crippen LogP contribution is 2.28. The molecule has 0 unspecified atom stereocenters. The lowest BCUT2D eigenvalue weighted by molar-refractivity contribution is 0.203. The number of methoxy groups -OCH3 is 1. The fourth-order valence-electron chi connectivity index (χ4n) is 2.87. The van der Waals surface area contributed by atoms with E-state index in [0.29, 0.717) is 19.3 Å². The molecule has 1 aromatic carbocycles. The number of nitrogens with zero attached hydrogens (tertiary/aromatic N) is 1. The average molecular weight is 461 g/mol. The second kappa shape index (κ2) is 12.4. The Balaban J connectivity index is 0.00000312. The van der Waals surface area contributed by atoms with E-state index in [0.717, 1.165) is 43.2 Å². The van der Waals surface area contributed by atoms with Crippen molar-refractivity contribution in [2.75, 3.05) is 26.8 Å². The summed E-state index contributed by atoms with van der Waals surface area (Å²) in [5.74, 6) is 1.79. The van der Waals surface area contributed by atoms with Gasteiger partial charge in [-0.25, -0.2) is 4.99 Å². The Morgan fingerprint density at radius 1 is 1.24 bits per heavy atom. The summed E-state index contributed by atoms with van der Waals surface area (Å²) in [5, 5.41) is 6.53. The van der Waals surface area contributed by atoms with Gasteiger partial charge in [-0.1, -0.05) is 12.1 Å². The molecular weight excluding hydrogens is 429 g/mol. The largest absolute Gasteiger partial charge is 0.490 e. The average Bonchev–Trinajstić information content (AvgIpc) is 3.07. The van der Waals surface area contributed by atoms with Crippen molar-refractivity contribution in [3.05, 3.63) is 29.3 Å². The molecule has 5 nitrogen and oxygen atoms in total. The highest BCUT2D eigenvalue weighted by molar-refractivity contribution is 14.0. The van der Waals surface area contributed by atoms with Crippen LogP contribution in [0.1, 0.15) is 43.7 Å². The number of guanidine groups is 1. The zero-order valence-corrected chi connectivity index (χ0v) is 18.0. The molecule has 0 bridgehead atoms. The normalized spacial score (nSPS) is 14.9. The Morgan fingerprint density at radius 3 is 2.68 bits per heavy atom. The number of halogens is 1. The predicted octanol–water partition coefficient (Wildman–Crippen LogP) is 3.64. The summed E-state index contributed by atoms with van der Waals surface area (Å²) < 4.78 is 11.3. The molecule has 1 aliphatic carbocycles. The van der Waals surface area contributed by atoms with Crippen LogP contribution in [-0.2, 0) is 11.3 Å². The standard InChI is InChI=1S/C19H31N3O2.HI/c1-4-20-19(21-11-12-23-3)22-14-16-10-9-15(2)13-18(16)24-17-7-5-6-8-17;/h9-10,13,17H,4-8,11-12,14H2,1-3H3,(H2,20,21,22);1H. The zero-order chi connectivity index (χ0) is 17.2. The lowest BCUT2D eigenvalue weighted by Gasteiger charge is -2.17. The number of rotatable bonds is 8. The predicted molar refractivity (Wildman–Crippen MR) is 114 cm³/mol. The lowest BCUT2D eigenvalue weighted by Crippen LogP contribution is -2.38. The molecule has 2 rings (SSSR count). The Hall–Kier alpha value is -1.02. The summed E-state index contributed by atoms with van der Waals surface area (Å²) in [6.07, 6.45) is 5.24. The third-order valence-electron chi connectivity index (χ3n) is 4.17. The van der Waals surface area contributed by atoms with Crippen LogP contribution < -0.4 is 15.4 Å². The van der Waals surface area contributed by atoms with Gasteiger partial charge in [0.2, 0.25) is 0 Å². The van der Waals surface area contributed by atoms with E-state index in [-0.39, 0.29) is 24.0 Å². The first-order valence-electron chi connectivity index (χ1n) is 9.00. The van der Waals surface area contributed by atoms with Gasteiger partial charge in [0.05, 0.1) is 19.3 Å². The van der Waals surface area contributed by atoms with Crippen molar-refractivity contribution in [2.24, 2.45) is 4.99 Å². The summed E-state index contributed by atoms with van der Waals surface area (Å²) in [4.78, 5) is 4.68. The van der Waals surface area contributed by atoms with Gasteiger partial charge >= 0.3 is 0 Å². The fraction of sp³-hybridized carbons (Fsp3) is 0.632. The molecule has 25 heavy (non-hydrogen) atoms. The molecule has 2 N–H and O–H groups in total. The number of hydrogen-bond acceptors (Lipinski definition) is 3. The second-order valence-corrected chi connectivity index (χ2v) is 6.25. The molecule has 0 amide bonds. The van der Waals surface area contributed by atoms with Crippen LogP contribution >= 0.6 is 24.0 Å². The Kier molecular flexibility index (Phi) is 10.9. The summed E-state index contributed by atoms with van der Waals surface area (Å²) >= 11 is 0. The summed E-state index contributed by atoms with van der Waals surface area (Å²) in [6, 6.07) is 6.38.